The molecule has 2 fully saturated rings. The minimum atomic E-state index is 0.347. The summed E-state index contributed by atoms with van der Waals surface area (Å²) < 4.78 is 11.2. The molecule has 0 spiro atoms. The Morgan fingerprint density at radius 1 is 1.27 bits per heavy atom. The molecule has 0 unspecified atom stereocenters. The van der Waals surface area contributed by atoms with Crippen molar-refractivity contribution in [2.24, 2.45) is 5.92 Å². The Hall–Kier alpha value is -1.76. The molecule has 26 heavy (non-hydrogen) atoms. The van der Waals surface area contributed by atoms with E-state index in [9.17, 15) is 0 Å². The molecule has 0 bridgehead atoms. The number of nitrogens with zero attached hydrogens (tertiary/aromatic N) is 4. The standard InChI is InChI=1S/C20H28N4O2/c1-14-17(15(2)26-22-14)12-24-8-6-20(25-3)18-11-23(13-19(18)24)10-16-5-4-7-21-9-16/h4-5,7,9,18-20H,6,8,10-13H2,1-3H3/t18-,19+,20-/m0/s1. The summed E-state index contributed by atoms with van der Waals surface area (Å²) in [4.78, 5) is 9.41. The van der Waals surface area contributed by atoms with Crippen LogP contribution in [0.5, 0.6) is 0 Å². The zero-order valence-corrected chi connectivity index (χ0v) is 15.9. The van der Waals surface area contributed by atoms with Crippen LogP contribution in [0.3, 0.4) is 0 Å². The lowest BCUT2D eigenvalue weighted by molar-refractivity contribution is -0.0246. The highest BCUT2D eigenvalue weighted by Crippen LogP contribution is 2.34. The van der Waals surface area contributed by atoms with E-state index in [-0.39, 0.29) is 0 Å². The molecule has 3 atom stereocenters. The minimum Gasteiger partial charge on any atom is -0.381 e. The zero-order chi connectivity index (χ0) is 18.1. The molecule has 2 saturated heterocycles. The number of ether oxygens (including phenoxy) is 1. The van der Waals surface area contributed by atoms with E-state index >= 15 is 0 Å². The second-order valence-corrected chi connectivity index (χ2v) is 7.62. The number of pyridine rings is 1. The van der Waals surface area contributed by atoms with Crippen LogP contribution in [0.25, 0.3) is 0 Å². The van der Waals surface area contributed by atoms with Crippen LogP contribution in [-0.4, -0.2) is 58.8 Å². The molecule has 2 aromatic rings. The Morgan fingerprint density at radius 2 is 2.15 bits per heavy atom. The van der Waals surface area contributed by atoms with Gasteiger partial charge >= 0.3 is 0 Å². The third-order valence-corrected chi connectivity index (χ3v) is 6.03. The molecule has 0 aliphatic carbocycles. The monoisotopic (exact) mass is 356 g/mol. The van der Waals surface area contributed by atoms with Gasteiger partial charge in [0.15, 0.2) is 0 Å². The lowest BCUT2D eigenvalue weighted by Crippen LogP contribution is -2.50. The molecule has 6 nitrogen and oxygen atoms in total. The van der Waals surface area contributed by atoms with E-state index < -0.39 is 0 Å². The van der Waals surface area contributed by atoms with Crippen molar-refractivity contribution in [2.45, 2.75) is 45.5 Å². The van der Waals surface area contributed by atoms with Crippen molar-refractivity contribution in [3.05, 3.63) is 47.1 Å². The molecule has 0 aromatic carbocycles. The molecular weight excluding hydrogens is 328 g/mol. The summed E-state index contributed by atoms with van der Waals surface area (Å²) in [6.45, 7) is 9.13. The first-order valence-electron chi connectivity index (χ1n) is 9.45. The number of piperidine rings is 1. The molecule has 4 heterocycles. The van der Waals surface area contributed by atoms with Gasteiger partial charge in [0.2, 0.25) is 0 Å². The Kier molecular flexibility index (Phi) is 5.07. The Bertz CT molecular complexity index is 713. The predicted molar refractivity (Wildman–Crippen MR) is 98.6 cm³/mol. The summed E-state index contributed by atoms with van der Waals surface area (Å²) >= 11 is 0. The van der Waals surface area contributed by atoms with Crippen molar-refractivity contribution >= 4 is 0 Å². The molecule has 2 aliphatic heterocycles. The summed E-state index contributed by atoms with van der Waals surface area (Å²) in [5.74, 6) is 1.49. The lowest BCUT2D eigenvalue weighted by atomic mass is 9.88. The second-order valence-electron chi connectivity index (χ2n) is 7.62. The van der Waals surface area contributed by atoms with E-state index in [1.165, 1.54) is 11.1 Å². The summed E-state index contributed by atoms with van der Waals surface area (Å²) in [5.41, 5.74) is 3.53. The van der Waals surface area contributed by atoms with Crippen molar-refractivity contribution in [2.75, 3.05) is 26.7 Å². The first-order chi connectivity index (χ1) is 12.7. The Labute approximate surface area is 155 Å². The van der Waals surface area contributed by atoms with Gasteiger partial charge in [-0.2, -0.15) is 0 Å². The van der Waals surface area contributed by atoms with Crippen molar-refractivity contribution in [3.63, 3.8) is 0 Å². The number of methoxy groups -OCH3 is 1. The number of hydrogen-bond acceptors (Lipinski definition) is 6. The van der Waals surface area contributed by atoms with Crippen LogP contribution in [0.4, 0.5) is 0 Å². The number of aromatic nitrogens is 2. The molecule has 0 saturated carbocycles. The number of fused-ring (bicyclic) bond motifs is 1. The SMILES string of the molecule is CO[C@H]1CCN(Cc2c(C)noc2C)[C@@H]2CN(Cc3cccnc3)C[C@H]12. The summed E-state index contributed by atoms with van der Waals surface area (Å²) in [5, 5.41) is 4.13. The maximum absolute atomic E-state index is 5.84. The fraction of sp³-hybridized carbons (Fsp3) is 0.600. The summed E-state index contributed by atoms with van der Waals surface area (Å²) in [6.07, 6.45) is 5.23. The van der Waals surface area contributed by atoms with Gasteiger partial charge in [-0.25, -0.2) is 0 Å². The largest absolute Gasteiger partial charge is 0.381 e. The third kappa shape index (κ3) is 3.41. The van der Waals surface area contributed by atoms with E-state index in [1.807, 2.05) is 39.4 Å². The average Bonchev–Trinajstić information content (AvgIpc) is 3.21. The molecule has 2 aromatic heterocycles. The van der Waals surface area contributed by atoms with Crippen LogP contribution < -0.4 is 0 Å². The van der Waals surface area contributed by atoms with Crippen LogP contribution >= 0.6 is 0 Å². The highest BCUT2D eigenvalue weighted by molar-refractivity contribution is 5.21. The van der Waals surface area contributed by atoms with Crippen LogP contribution in [0.15, 0.2) is 29.0 Å². The van der Waals surface area contributed by atoms with Gasteiger partial charge in [0.05, 0.1) is 11.8 Å². The molecule has 4 rings (SSSR count). The van der Waals surface area contributed by atoms with Gasteiger partial charge in [0, 0.05) is 69.8 Å². The lowest BCUT2D eigenvalue weighted by Gasteiger charge is -2.41. The van der Waals surface area contributed by atoms with Gasteiger partial charge in [-0.05, 0) is 31.9 Å². The topological polar surface area (TPSA) is 54.6 Å². The second kappa shape index (κ2) is 7.47. The first-order valence-corrected chi connectivity index (χ1v) is 9.45. The average molecular weight is 356 g/mol. The van der Waals surface area contributed by atoms with Crippen molar-refractivity contribution in [1.29, 1.82) is 0 Å². The maximum Gasteiger partial charge on any atom is 0.138 e. The number of rotatable bonds is 5. The highest BCUT2D eigenvalue weighted by atomic mass is 16.5. The molecule has 2 aliphatic rings. The van der Waals surface area contributed by atoms with E-state index in [4.69, 9.17) is 9.26 Å². The van der Waals surface area contributed by atoms with Crippen molar-refractivity contribution < 1.29 is 9.26 Å². The number of hydrogen-bond donors (Lipinski definition) is 0. The highest BCUT2D eigenvalue weighted by Gasteiger charge is 2.44. The van der Waals surface area contributed by atoms with E-state index in [1.54, 1.807) is 0 Å². The smallest absolute Gasteiger partial charge is 0.138 e. The Morgan fingerprint density at radius 3 is 2.85 bits per heavy atom. The zero-order valence-electron chi connectivity index (χ0n) is 15.9. The van der Waals surface area contributed by atoms with E-state index in [0.717, 1.165) is 50.6 Å². The number of aryl methyl sites for hydroxylation is 2. The van der Waals surface area contributed by atoms with Gasteiger partial charge in [-0.15, -0.1) is 0 Å². The molecule has 6 heteroatoms. The minimum absolute atomic E-state index is 0.347. The van der Waals surface area contributed by atoms with Gasteiger partial charge in [0.25, 0.3) is 0 Å². The molecular formula is C20H28N4O2. The van der Waals surface area contributed by atoms with Crippen molar-refractivity contribution in [3.8, 4) is 0 Å². The predicted octanol–water partition coefficient (Wildman–Crippen LogP) is 2.41. The van der Waals surface area contributed by atoms with Crippen molar-refractivity contribution in [1.82, 2.24) is 19.9 Å². The summed E-state index contributed by atoms with van der Waals surface area (Å²) in [6, 6.07) is 4.68. The van der Waals surface area contributed by atoms with Gasteiger partial charge in [0.1, 0.15) is 5.76 Å². The normalized spacial score (nSPS) is 27.0. The van der Waals surface area contributed by atoms with E-state index in [0.29, 0.717) is 18.1 Å². The molecule has 0 N–H and O–H groups in total. The fourth-order valence-corrected chi connectivity index (χ4v) is 4.62. The third-order valence-electron chi connectivity index (χ3n) is 6.03. The Balaban J connectivity index is 1.50. The first kappa shape index (κ1) is 17.6. The quantitative estimate of drug-likeness (QED) is 0.820. The fourth-order valence-electron chi connectivity index (χ4n) is 4.62. The number of likely N-dealkylation sites (tertiary alicyclic amines) is 2. The molecule has 0 radical (unpaired) electrons. The van der Waals surface area contributed by atoms with Crippen LogP contribution in [0, 0.1) is 19.8 Å². The van der Waals surface area contributed by atoms with Crippen LogP contribution in [0.2, 0.25) is 0 Å². The summed E-state index contributed by atoms with van der Waals surface area (Å²) in [7, 11) is 1.86. The van der Waals surface area contributed by atoms with Gasteiger partial charge in [-0.1, -0.05) is 11.2 Å². The molecule has 140 valence electrons. The van der Waals surface area contributed by atoms with Gasteiger partial charge < -0.3 is 9.26 Å². The van der Waals surface area contributed by atoms with Gasteiger partial charge in [-0.3, -0.25) is 14.8 Å². The van der Waals surface area contributed by atoms with E-state index in [2.05, 4.69) is 26.0 Å². The molecule has 0 amide bonds. The van der Waals surface area contributed by atoms with Crippen LogP contribution in [0.1, 0.15) is 29.0 Å². The van der Waals surface area contributed by atoms with Crippen LogP contribution in [-0.2, 0) is 17.8 Å². The maximum atomic E-state index is 5.84.